The summed E-state index contributed by atoms with van der Waals surface area (Å²) in [5, 5.41) is 18.7. The van der Waals surface area contributed by atoms with Crippen LogP contribution in [-0.2, 0) is 6.42 Å². The van der Waals surface area contributed by atoms with Crippen LogP contribution in [0.25, 0.3) is 0 Å². The first-order valence-electron chi connectivity index (χ1n) is 5.41. The van der Waals surface area contributed by atoms with Crippen LogP contribution in [0.3, 0.4) is 0 Å². The number of nitrogens with zero attached hydrogens (tertiary/aromatic N) is 2. The second-order valence-electron chi connectivity index (χ2n) is 3.95. The molecule has 2 aromatic rings. The maximum absolute atomic E-state index is 13.1. The van der Waals surface area contributed by atoms with Crippen LogP contribution in [0.4, 0.5) is 8.78 Å². The summed E-state index contributed by atoms with van der Waals surface area (Å²) in [5.74, 6) is -4.80. The van der Waals surface area contributed by atoms with E-state index in [4.69, 9.17) is 5.73 Å². The van der Waals surface area contributed by atoms with Gasteiger partial charge in [-0.1, -0.05) is 6.07 Å². The van der Waals surface area contributed by atoms with Gasteiger partial charge in [-0.3, -0.25) is 4.79 Å². The van der Waals surface area contributed by atoms with Crippen LogP contribution in [0, 0.1) is 11.6 Å². The average Bonchev–Trinajstić information content (AvgIpc) is 2.37. The molecule has 0 bridgehead atoms. The normalized spacial score (nSPS) is 10.5. The lowest BCUT2D eigenvalue weighted by molar-refractivity contribution is 0.0991. The highest BCUT2D eigenvalue weighted by Crippen LogP contribution is 2.25. The molecule has 4 N–H and O–H groups in total. The van der Waals surface area contributed by atoms with E-state index in [1.165, 1.54) is 6.07 Å². The number of hydrogen-bond acceptors (Lipinski definition) is 5. The van der Waals surface area contributed by atoms with Gasteiger partial charge in [-0.05, 0) is 17.7 Å². The van der Waals surface area contributed by atoms with Crippen LogP contribution < -0.4 is 5.73 Å². The summed E-state index contributed by atoms with van der Waals surface area (Å²) in [6.07, 6.45) is -0.0781. The Balaban J connectivity index is 2.38. The molecule has 0 unspecified atom stereocenters. The van der Waals surface area contributed by atoms with Crippen LogP contribution in [0.2, 0.25) is 0 Å². The van der Waals surface area contributed by atoms with E-state index < -0.39 is 34.9 Å². The Bertz CT molecular complexity index is 692. The molecule has 1 aromatic heterocycles. The minimum absolute atomic E-state index is 0.0693. The number of carbonyl (C=O) groups excluding carboxylic acids is 1. The number of aromatic hydroxyl groups is 2. The largest absolute Gasteiger partial charge is 0.501 e. The van der Waals surface area contributed by atoms with Gasteiger partial charge < -0.3 is 15.9 Å². The monoisotopic (exact) mass is 281 g/mol. The summed E-state index contributed by atoms with van der Waals surface area (Å²) in [7, 11) is 0. The van der Waals surface area contributed by atoms with Crippen LogP contribution in [0.15, 0.2) is 18.2 Å². The number of halogens is 2. The van der Waals surface area contributed by atoms with E-state index in [2.05, 4.69) is 9.97 Å². The zero-order valence-electron chi connectivity index (χ0n) is 9.97. The molecule has 1 amide bonds. The molecule has 0 fully saturated rings. The maximum atomic E-state index is 13.1. The van der Waals surface area contributed by atoms with Gasteiger partial charge in [-0.15, -0.1) is 0 Å². The summed E-state index contributed by atoms with van der Waals surface area (Å²) in [6.45, 7) is 0. The van der Waals surface area contributed by atoms with Crippen molar-refractivity contribution in [3.63, 3.8) is 0 Å². The number of aromatic nitrogens is 2. The molecule has 0 saturated carbocycles. The van der Waals surface area contributed by atoms with Crippen molar-refractivity contribution >= 4 is 5.91 Å². The minimum Gasteiger partial charge on any atom is -0.501 e. The van der Waals surface area contributed by atoms with Crippen molar-refractivity contribution in [1.82, 2.24) is 9.97 Å². The van der Waals surface area contributed by atoms with E-state index in [1.54, 1.807) is 0 Å². The van der Waals surface area contributed by atoms with E-state index in [-0.39, 0.29) is 12.2 Å². The quantitative estimate of drug-likeness (QED) is 0.772. The zero-order chi connectivity index (χ0) is 14.9. The highest BCUT2D eigenvalue weighted by molar-refractivity contribution is 5.94. The molecular weight excluding hydrogens is 272 g/mol. The lowest BCUT2D eigenvalue weighted by Crippen LogP contribution is -2.15. The summed E-state index contributed by atoms with van der Waals surface area (Å²) < 4.78 is 25.8. The highest BCUT2D eigenvalue weighted by Gasteiger charge is 2.17. The van der Waals surface area contributed by atoms with Crippen molar-refractivity contribution in [2.75, 3.05) is 0 Å². The fourth-order valence-corrected chi connectivity index (χ4v) is 1.57. The van der Waals surface area contributed by atoms with Crippen LogP contribution in [-0.4, -0.2) is 26.1 Å². The number of primary amides is 1. The van der Waals surface area contributed by atoms with Gasteiger partial charge in [0.1, 0.15) is 5.82 Å². The minimum atomic E-state index is -1.05. The molecule has 20 heavy (non-hydrogen) atoms. The smallest absolute Gasteiger partial charge is 0.271 e. The first-order valence-corrected chi connectivity index (χ1v) is 5.41. The molecule has 0 aliphatic heterocycles. The molecule has 2 rings (SSSR count). The lowest BCUT2D eigenvalue weighted by atomic mass is 10.1. The van der Waals surface area contributed by atoms with Crippen molar-refractivity contribution in [3.8, 4) is 11.6 Å². The fraction of sp³-hybridized carbons (Fsp3) is 0.0833. The van der Waals surface area contributed by atoms with E-state index in [1.807, 2.05) is 0 Å². The van der Waals surface area contributed by atoms with Crippen LogP contribution in [0.5, 0.6) is 11.6 Å². The Morgan fingerprint density at radius 1 is 1.20 bits per heavy atom. The maximum Gasteiger partial charge on any atom is 0.271 e. The molecule has 0 aliphatic carbocycles. The lowest BCUT2D eigenvalue weighted by Gasteiger charge is -2.06. The third-order valence-electron chi connectivity index (χ3n) is 2.49. The molecule has 0 spiro atoms. The van der Waals surface area contributed by atoms with Gasteiger partial charge in [0.15, 0.2) is 17.3 Å². The summed E-state index contributed by atoms with van der Waals surface area (Å²) >= 11 is 0. The van der Waals surface area contributed by atoms with Crippen molar-refractivity contribution in [2.24, 2.45) is 5.73 Å². The Morgan fingerprint density at radius 2 is 1.90 bits per heavy atom. The second-order valence-corrected chi connectivity index (χ2v) is 3.95. The van der Waals surface area contributed by atoms with Crippen molar-refractivity contribution in [3.05, 3.63) is 46.9 Å². The summed E-state index contributed by atoms with van der Waals surface area (Å²) in [6, 6.07) is 3.17. The van der Waals surface area contributed by atoms with Crippen LogP contribution in [0.1, 0.15) is 21.9 Å². The number of amides is 1. The van der Waals surface area contributed by atoms with E-state index in [0.717, 1.165) is 12.1 Å². The van der Waals surface area contributed by atoms with Gasteiger partial charge in [-0.2, -0.15) is 4.98 Å². The molecular formula is C12H9F2N3O3. The van der Waals surface area contributed by atoms with E-state index in [9.17, 15) is 23.8 Å². The van der Waals surface area contributed by atoms with Crippen molar-refractivity contribution < 1.29 is 23.8 Å². The number of benzene rings is 1. The van der Waals surface area contributed by atoms with E-state index in [0.29, 0.717) is 5.56 Å². The molecule has 0 atom stereocenters. The standard InChI is InChI=1S/C12H9F2N3O3/c13-6-2-1-5(3-7(6)14)4-8-16-9(11(15)19)10(18)12(20)17-8/h1-3,18H,4H2,(H2,15,19)(H,16,17,20). The molecule has 104 valence electrons. The third kappa shape index (κ3) is 2.63. The zero-order valence-corrected chi connectivity index (χ0v) is 9.97. The first-order chi connectivity index (χ1) is 9.38. The molecule has 1 heterocycles. The molecule has 8 heteroatoms. The van der Waals surface area contributed by atoms with Crippen LogP contribution >= 0.6 is 0 Å². The van der Waals surface area contributed by atoms with Gasteiger partial charge in [0, 0.05) is 6.42 Å². The number of rotatable bonds is 3. The number of nitrogens with two attached hydrogens (primary N) is 1. The Labute approximate surface area is 111 Å². The summed E-state index contributed by atoms with van der Waals surface area (Å²) in [5.41, 5.74) is 4.76. The fourth-order valence-electron chi connectivity index (χ4n) is 1.57. The molecule has 0 aliphatic rings. The molecule has 1 aromatic carbocycles. The van der Waals surface area contributed by atoms with Gasteiger partial charge in [-0.25, -0.2) is 13.8 Å². The third-order valence-corrected chi connectivity index (χ3v) is 2.49. The molecule has 6 nitrogen and oxygen atoms in total. The molecule has 0 saturated heterocycles. The number of hydrogen-bond donors (Lipinski definition) is 3. The number of carbonyl (C=O) groups is 1. The van der Waals surface area contributed by atoms with Gasteiger partial charge >= 0.3 is 0 Å². The topological polar surface area (TPSA) is 109 Å². The van der Waals surface area contributed by atoms with Crippen molar-refractivity contribution in [1.29, 1.82) is 0 Å². The molecule has 0 radical (unpaired) electrons. The Morgan fingerprint density at radius 3 is 2.50 bits per heavy atom. The van der Waals surface area contributed by atoms with Crippen molar-refractivity contribution in [2.45, 2.75) is 6.42 Å². The van der Waals surface area contributed by atoms with Gasteiger partial charge in [0.25, 0.3) is 11.8 Å². The van der Waals surface area contributed by atoms with E-state index >= 15 is 0 Å². The Hall–Kier alpha value is -2.77. The summed E-state index contributed by atoms with van der Waals surface area (Å²) in [4.78, 5) is 18.2. The first kappa shape index (κ1) is 13.7. The highest BCUT2D eigenvalue weighted by atomic mass is 19.2. The van der Waals surface area contributed by atoms with Gasteiger partial charge in [0.2, 0.25) is 5.75 Å². The average molecular weight is 281 g/mol. The van der Waals surface area contributed by atoms with Gasteiger partial charge in [0.05, 0.1) is 0 Å². The second kappa shape index (κ2) is 5.08. The predicted octanol–water partition coefficient (Wildman–Crippen LogP) is 0.856. The SMILES string of the molecule is NC(=O)c1nc(Cc2ccc(F)c(F)c2)nc(O)c1O. The Kier molecular flexibility index (Phi) is 3.47. The predicted molar refractivity (Wildman–Crippen MR) is 63.0 cm³/mol.